The van der Waals surface area contributed by atoms with Gasteiger partial charge in [-0.25, -0.2) is 13.6 Å². The Bertz CT molecular complexity index is 787. The average molecular weight is 322 g/mol. The van der Waals surface area contributed by atoms with Crippen molar-refractivity contribution in [2.24, 2.45) is 5.14 Å². The molecule has 1 aliphatic rings. The third-order valence-corrected chi connectivity index (χ3v) is 4.07. The maximum Gasteiger partial charge on any atom is 0.287 e. The molecule has 116 valence electrons. The summed E-state index contributed by atoms with van der Waals surface area (Å²) in [5, 5.41) is 7.12. The van der Waals surface area contributed by atoms with Gasteiger partial charge in [-0.3, -0.25) is 4.79 Å². The number of ether oxygens (including phenoxy) is 1. The van der Waals surface area contributed by atoms with Crippen molar-refractivity contribution in [3.05, 3.63) is 47.7 Å². The van der Waals surface area contributed by atoms with E-state index >= 15 is 0 Å². The molecule has 0 bridgehead atoms. The number of nitrogens with two attached hydrogens (primary N) is 1. The predicted molar refractivity (Wildman–Crippen MR) is 77.0 cm³/mol. The molecule has 1 aromatic heterocycles. The van der Waals surface area contributed by atoms with Crippen molar-refractivity contribution >= 4 is 15.9 Å². The van der Waals surface area contributed by atoms with Crippen LogP contribution in [0, 0.1) is 0 Å². The van der Waals surface area contributed by atoms with Crippen LogP contribution in [0.5, 0.6) is 5.75 Å². The van der Waals surface area contributed by atoms with Gasteiger partial charge in [0.05, 0.1) is 6.54 Å². The highest BCUT2D eigenvalue weighted by Crippen LogP contribution is 2.27. The Morgan fingerprint density at radius 3 is 2.73 bits per heavy atom. The zero-order valence-electron chi connectivity index (χ0n) is 11.5. The zero-order chi connectivity index (χ0) is 15.7. The molecule has 2 heterocycles. The summed E-state index contributed by atoms with van der Waals surface area (Å²) in [5.41, 5.74) is 1.09. The molecule has 3 rings (SSSR count). The number of furan rings is 1. The zero-order valence-corrected chi connectivity index (χ0v) is 12.3. The molecule has 1 unspecified atom stereocenters. The lowest BCUT2D eigenvalue weighted by atomic mass is 10.1. The average Bonchev–Trinajstić information content (AvgIpc) is 3.10. The van der Waals surface area contributed by atoms with Crippen LogP contribution in [-0.2, 0) is 16.4 Å². The highest BCUT2D eigenvalue weighted by atomic mass is 32.2. The molecule has 1 atom stereocenters. The van der Waals surface area contributed by atoms with Gasteiger partial charge in [-0.1, -0.05) is 18.2 Å². The van der Waals surface area contributed by atoms with Gasteiger partial charge in [0.15, 0.2) is 5.76 Å². The molecule has 3 N–H and O–H groups in total. The summed E-state index contributed by atoms with van der Waals surface area (Å²) in [4.78, 5) is 11.9. The van der Waals surface area contributed by atoms with Gasteiger partial charge in [-0.15, -0.1) is 0 Å². The van der Waals surface area contributed by atoms with Crippen LogP contribution in [0.3, 0.4) is 0 Å². The molecule has 0 fully saturated rings. The van der Waals surface area contributed by atoms with E-state index in [2.05, 4.69) is 5.32 Å². The first-order valence-corrected chi connectivity index (χ1v) is 8.13. The third kappa shape index (κ3) is 2.97. The number of hydrogen-bond acceptors (Lipinski definition) is 5. The molecular formula is C14H14N2O5S. The largest absolute Gasteiger partial charge is 0.488 e. The van der Waals surface area contributed by atoms with Gasteiger partial charge in [-0.05, 0) is 23.8 Å². The van der Waals surface area contributed by atoms with Crippen LogP contribution in [0.2, 0.25) is 0 Å². The molecule has 0 aliphatic carbocycles. The number of fused-ring (bicyclic) bond motifs is 1. The lowest BCUT2D eigenvalue weighted by Gasteiger charge is -2.11. The van der Waals surface area contributed by atoms with E-state index < -0.39 is 21.0 Å². The normalized spacial score (nSPS) is 16.9. The second-order valence-electron chi connectivity index (χ2n) is 4.93. The molecule has 22 heavy (non-hydrogen) atoms. The second kappa shape index (κ2) is 5.47. The number of amides is 1. The minimum Gasteiger partial charge on any atom is -0.488 e. The van der Waals surface area contributed by atoms with E-state index in [9.17, 15) is 13.2 Å². The molecular weight excluding hydrogens is 308 g/mol. The van der Waals surface area contributed by atoms with E-state index in [0.29, 0.717) is 13.0 Å². The van der Waals surface area contributed by atoms with Gasteiger partial charge in [0, 0.05) is 6.42 Å². The highest BCUT2D eigenvalue weighted by molar-refractivity contribution is 7.89. The third-order valence-electron chi connectivity index (χ3n) is 3.29. The van der Waals surface area contributed by atoms with Crippen LogP contribution in [0.1, 0.15) is 16.1 Å². The fourth-order valence-corrected chi connectivity index (χ4v) is 2.72. The van der Waals surface area contributed by atoms with E-state index in [1.54, 1.807) is 0 Å². The molecule has 1 amide bonds. The summed E-state index contributed by atoms with van der Waals surface area (Å²) < 4.78 is 32.8. The van der Waals surface area contributed by atoms with Gasteiger partial charge in [0.2, 0.25) is 5.09 Å². The second-order valence-corrected chi connectivity index (χ2v) is 6.42. The van der Waals surface area contributed by atoms with Crippen LogP contribution in [0.15, 0.2) is 45.9 Å². The first-order valence-electron chi connectivity index (χ1n) is 6.59. The van der Waals surface area contributed by atoms with Crippen molar-refractivity contribution in [3.63, 3.8) is 0 Å². The van der Waals surface area contributed by atoms with Gasteiger partial charge in [0.1, 0.15) is 11.9 Å². The summed E-state index contributed by atoms with van der Waals surface area (Å²) in [6, 6.07) is 10.1. The van der Waals surface area contributed by atoms with Gasteiger partial charge in [0.25, 0.3) is 15.9 Å². The van der Waals surface area contributed by atoms with Crippen LogP contribution in [0.4, 0.5) is 0 Å². The fourth-order valence-electron chi connectivity index (χ4n) is 2.26. The Labute approximate surface area is 127 Å². The van der Waals surface area contributed by atoms with Crippen LogP contribution in [0.25, 0.3) is 0 Å². The molecule has 0 saturated carbocycles. The SMILES string of the molecule is NS(=O)(=O)c1ccc(C(=O)NCC2Cc3ccccc3O2)o1. The number of benzene rings is 1. The van der Waals surface area contributed by atoms with Gasteiger partial charge < -0.3 is 14.5 Å². The Morgan fingerprint density at radius 1 is 1.27 bits per heavy atom. The number of primary sulfonamides is 1. The monoisotopic (exact) mass is 322 g/mol. The first kappa shape index (κ1) is 14.6. The first-order chi connectivity index (χ1) is 10.4. The molecule has 1 aromatic carbocycles. The smallest absolute Gasteiger partial charge is 0.287 e. The topological polar surface area (TPSA) is 112 Å². The molecule has 0 spiro atoms. The Hall–Kier alpha value is -2.32. The summed E-state index contributed by atoms with van der Waals surface area (Å²) in [5.74, 6) is 0.185. The maximum absolute atomic E-state index is 11.9. The standard InChI is InChI=1S/C14H14N2O5S/c15-22(18,19)13-6-5-12(21-13)14(17)16-8-10-7-9-3-1-2-4-11(9)20-10/h1-6,10H,7-8H2,(H,16,17)(H2,15,18,19). The number of hydrogen-bond donors (Lipinski definition) is 2. The Kier molecular flexibility index (Phi) is 3.63. The molecule has 2 aromatic rings. The number of sulfonamides is 1. The summed E-state index contributed by atoms with van der Waals surface area (Å²) in [7, 11) is -3.95. The van der Waals surface area contributed by atoms with Crippen molar-refractivity contribution < 1.29 is 22.4 Å². The van der Waals surface area contributed by atoms with E-state index in [0.717, 1.165) is 17.4 Å². The summed E-state index contributed by atoms with van der Waals surface area (Å²) >= 11 is 0. The van der Waals surface area contributed by atoms with Crippen molar-refractivity contribution in [2.45, 2.75) is 17.6 Å². The van der Waals surface area contributed by atoms with Crippen molar-refractivity contribution in [2.75, 3.05) is 6.54 Å². The minimum atomic E-state index is -3.95. The lowest BCUT2D eigenvalue weighted by Crippen LogP contribution is -2.34. The van der Waals surface area contributed by atoms with E-state index in [1.807, 2.05) is 24.3 Å². The molecule has 8 heteroatoms. The van der Waals surface area contributed by atoms with Crippen molar-refractivity contribution in [1.29, 1.82) is 0 Å². The fraction of sp³-hybridized carbons (Fsp3) is 0.214. The molecule has 0 saturated heterocycles. The van der Waals surface area contributed by atoms with Crippen LogP contribution in [-0.4, -0.2) is 27.0 Å². The maximum atomic E-state index is 11.9. The van der Waals surface area contributed by atoms with Crippen LogP contribution >= 0.6 is 0 Å². The summed E-state index contributed by atoms with van der Waals surface area (Å²) in [6.45, 7) is 0.291. The van der Waals surface area contributed by atoms with Crippen molar-refractivity contribution in [3.8, 4) is 5.75 Å². The number of carbonyl (C=O) groups is 1. The Balaban J connectivity index is 1.59. The highest BCUT2D eigenvalue weighted by Gasteiger charge is 2.24. The summed E-state index contributed by atoms with van der Waals surface area (Å²) in [6.07, 6.45) is 0.547. The van der Waals surface area contributed by atoms with E-state index in [-0.39, 0.29) is 11.9 Å². The lowest BCUT2D eigenvalue weighted by molar-refractivity contribution is 0.0900. The number of rotatable bonds is 4. The van der Waals surface area contributed by atoms with Crippen molar-refractivity contribution in [1.82, 2.24) is 5.32 Å². The number of para-hydroxylation sites is 1. The molecule has 1 aliphatic heterocycles. The molecule has 0 radical (unpaired) electrons. The number of nitrogens with one attached hydrogen (secondary N) is 1. The van der Waals surface area contributed by atoms with E-state index in [4.69, 9.17) is 14.3 Å². The van der Waals surface area contributed by atoms with Gasteiger partial charge in [-0.2, -0.15) is 0 Å². The van der Waals surface area contributed by atoms with Gasteiger partial charge >= 0.3 is 0 Å². The number of carbonyl (C=O) groups excluding carboxylic acids is 1. The predicted octanol–water partition coefficient (Wildman–Crippen LogP) is 0.661. The minimum absolute atomic E-state index is 0.112. The quantitative estimate of drug-likeness (QED) is 0.859. The van der Waals surface area contributed by atoms with Crippen LogP contribution < -0.4 is 15.2 Å². The van der Waals surface area contributed by atoms with E-state index in [1.165, 1.54) is 6.07 Å². The molecule has 7 nitrogen and oxygen atoms in total. The Morgan fingerprint density at radius 2 is 2.05 bits per heavy atom.